The fourth-order valence-corrected chi connectivity index (χ4v) is 2.41. The lowest BCUT2D eigenvalue weighted by Gasteiger charge is -2.14. The zero-order chi connectivity index (χ0) is 14.5. The third-order valence-electron chi connectivity index (χ3n) is 3.31. The van der Waals surface area contributed by atoms with E-state index in [4.69, 9.17) is 9.47 Å². The maximum Gasteiger partial charge on any atom is 0.130 e. The molecule has 20 heavy (non-hydrogen) atoms. The maximum atomic E-state index is 5.46. The molecule has 2 nitrogen and oxygen atoms in total. The van der Waals surface area contributed by atoms with Gasteiger partial charge in [-0.1, -0.05) is 44.2 Å². The van der Waals surface area contributed by atoms with Crippen molar-refractivity contribution >= 4 is 0 Å². The van der Waals surface area contributed by atoms with Gasteiger partial charge in [-0.2, -0.15) is 0 Å². The first-order valence-corrected chi connectivity index (χ1v) is 6.96. The van der Waals surface area contributed by atoms with Gasteiger partial charge in [0.15, 0.2) is 0 Å². The number of methoxy groups -OCH3 is 2. The third kappa shape index (κ3) is 3.13. The Hall–Kier alpha value is -1.96. The molecule has 0 heterocycles. The molecule has 0 aliphatic heterocycles. The summed E-state index contributed by atoms with van der Waals surface area (Å²) in [5, 5.41) is 0. The molecule has 2 heteroatoms. The van der Waals surface area contributed by atoms with Gasteiger partial charge in [-0.25, -0.2) is 0 Å². The van der Waals surface area contributed by atoms with E-state index < -0.39 is 0 Å². The zero-order valence-electron chi connectivity index (χ0n) is 12.6. The van der Waals surface area contributed by atoms with E-state index in [9.17, 15) is 0 Å². The summed E-state index contributed by atoms with van der Waals surface area (Å²) < 4.78 is 10.9. The second-order valence-electron chi connectivity index (χ2n) is 5.33. The molecule has 0 aromatic heterocycles. The molecule has 0 fully saturated rings. The molecule has 106 valence electrons. The van der Waals surface area contributed by atoms with Crippen molar-refractivity contribution in [2.75, 3.05) is 14.2 Å². The summed E-state index contributed by atoms with van der Waals surface area (Å²) >= 11 is 0. The number of rotatable bonds is 5. The van der Waals surface area contributed by atoms with Gasteiger partial charge in [-0.15, -0.1) is 0 Å². The Balaban J connectivity index is 2.40. The lowest BCUT2D eigenvalue weighted by Crippen LogP contribution is -1.95. The molecule has 0 N–H and O–H groups in total. The predicted molar refractivity (Wildman–Crippen MR) is 83.5 cm³/mol. The normalized spacial score (nSPS) is 10.7. The summed E-state index contributed by atoms with van der Waals surface area (Å²) in [6.45, 7) is 4.47. The van der Waals surface area contributed by atoms with E-state index in [1.165, 1.54) is 5.56 Å². The van der Waals surface area contributed by atoms with Crippen molar-refractivity contribution in [3.8, 4) is 22.6 Å². The molecule has 0 amide bonds. The van der Waals surface area contributed by atoms with Gasteiger partial charge < -0.3 is 9.47 Å². The third-order valence-corrected chi connectivity index (χ3v) is 3.31. The average Bonchev–Trinajstić information content (AvgIpc) is 2.46. The van der Waals surface area contributed by atoms with Crippen molar-refractivity contribution in [1.29, 1.82) is 0 Å². The first-order valence-electron chi connectivity index (χ1n) is 6.96. The lowest BCUT2D eigenvalue weighted by atomic mass is 9.98. The quantitative estimate of drug-likeness (QED) is 0.792. The van der Waals surface area contributed by atoms with E-state index in [0.717, 1.165) is 29.0 Å². The lowest BCUT2D eigenvalue weighted by molar-refractivity contribution is 0.397. The first-order chi connectivity index (χ1) is 9.65. The molecule has 2 rings (SSSR count). The Kier molecular flexibility index (Phi) is 4.67. The molecule has 0 spiro atoms. The molecule has 0 unspecified atom stereocenters. The minimum absolute atomic E-state index is 0.668. The number of hydrogen-bond acceptors (Lipinski definition) is 2. The average molecular weight is 270 g/mol. The maximum absolute atomic E-state index is 5.46. The van der Waals surface area contributed by atoms with Gasteiger partial charge >= 0.3 is 0 Å². The van der Waals surface area contributed by atoms with Gasteiger partial charge in [0.05, 0.1) is 19.8 Å². The van der Waals surface area contributed by atoms with E-state index in [2.05, 4.69) is 38.1 Å². The van der Waals surface area contributed by atoms with Crippen molar-refractivity contribution in [2.24, 2.45) is 5.92 Å². The van der Waals surface area contributed by atoms with Crippen molar-refractivity contribution in [1.82, 2.24) is 0 Å². The van der Waals surface area contributed by atoms with Crippen LogP contribution in [0.3, 0.4) is 0 Å². The highest BCUT2D eigenvalue weighted by Crippen LogP contribution is 2.38. The zero-order valence-corrected chi connectivity index (χ0v) is 12.6. The minimum Gasteiger partial charge on any atom is -0.496 e. The Morgan fingerprint density at radius 2 is 1.40 bits per heavy atom. The van der Waals surface area contributed by atoms with Crippen molar-refractivity contribution in [3.63, 3.8) is 0 Å². The van der Waals surface area contributed by atoms with E-state index in [1.54, 1.807) is 14.2 Å². The van der Waals surface area contributed by atoms with Crippen LogP contribution < -0.4 is 9.47 Å². The summed E-state index contributed by atoms with van der Waals surface area (Å²) in [4.78, 5) is 0. The second kappa shape index (κ2) is 6.47. The fourth-order valence-electron chi connectivity index (χ4n) is 2.41. The van der Waals surface area contributed by atoms with Gasteiger partial charge in [0, 0.05) is 0 Å². The standard InChI is InChI=1S/C18H22O2/c1-13(2)12-14-8-10-15(11-9-14)18-16(19-3)6-5-7-17(18)20-4/h5-11,13H,12H2,1-4H3. The molecular weight excluding hydrogens is 248 g/mol. The van der Waals surface area contributed by atoms with Gasteiger partial charge in [0.1, 0.15) is 11.5 Å². The molecule has 2 aromatic rings. The van der Waals surface area contributed by atoms with Crippen molar-refractivity contribution in [3.05, 3.63) is 48.0 Å². The molecule has 0 saturated heterocycles. The molecule has 0 radical (unpaired) electrons. The predicted octanol–water partition coefficient (Wildman–Crippen LogP) is 4.57. The topological polar surface area (TPSA) is 18.5 Å². The summed E-state index contributed by atoms with van der Waals surface area (Å²) in [6, 6.07) is 14.5. The van der Waals surface area contributed by atoms with Crippen LogP contribution in [0.5, 0.6) is 11.5 Å². The number of benzene rings is 2. The van der Waals surface area contributed by atoms with E-state index in [-0.39, 0.29) is 0 Å². The highest BCUT2D eigenvalue weighted by Gasteiger charge is 2.12. The van der Waals surface area contributed by atoms with Crippen LogP contribution in [0.4, 0.5) is 0 Å². The highest BCUT2D eigenvalue weighted by atomic mass is 16.5. The molecule has 0 atom stereocenters. The molecule has 0 saturated carbocycles. The SMILES string of the molecule is COc1cccc(OC)c1-c1ccc(CC(C)C)cc1. The summed E-state index contributed by atoms with van der Waals surface area (Å²) in [5.74, 6) is 2.34. The molecule has 0 bridgehead atoms. The van der Waals surface area contributed by atoms with E-state index in [0.29, 0.717) is 5.92 Å². The smallest absolute Gasteiger partial charge is 0.130 e. The molecule has 0 aliphatic carbocycles. The summed E-state index contributed by atoms with van der Waals surface area (Å²) in [6.07, 6.45) is 1.10. The number of hydrogen-bond donors (Lipinski definition) is 0. The first kappa shape index (κ1) is 14.4. The minimum atomic E-state index is 0.668. The van der Waals surface area contributed by atoms with E-state index >= 15 is 0 Å². The van der Waals surface area contributed by atoms with Crippen LogP contribution >= 0.6 is 0 Å². The molecular formula is C18H22O2. The van der Waals surface area contributed by atoms with Gasteiger partial charge in [-0.05, 0) is 35.6 Å². The fraction of sp³-hybridized carbons (Fsp3) is 0.333. The van der Waals surface area contributed by atoms with Crippen molar-refractivity contribution < 1.29 is 9.47 Å². The Morgan fingerprint density at radius 1 is 0.850 bits per heavy atom. The Labute approximate surface area is 121 Å². The van der Waals surface area contributed by atoms with Crippen LogP contribution in [-0.4, -0.2) is 14.2 Å². The summed E-state index contributed by atoms with van der Waals surface area (Å²) in [5.41, 5.74) is 3.48. The Morgan fingerprint density at radius 3 is 1.85 bits per heavy atom. The van der Waals surface area contributed by atoms with Gasteiger partial charge in [-0.3, -0.25) is 0 Å². The monoisotopic (exact) mass is 270 g/mol. The molecule has 0 aliphatic rings. The van der Waals surface area contributed by atoms with Crippen LogP contribution in [0.1, 0.15) is 19.4 Å². The van der Waals surface area contributed by atoms with Gasteiger partial charge in [0.25, 0.3) is 0 Å². The largest absolute Gasteiger partial charge is 0.496 e. The summed E-state index contributed by atoms with van der Waals surface area (Å²) in [7, 11) is 3.37. The Bertz CT molecular complexity index is 534. The second-order valence-corrected chi connectivity index (χ2v) is 5.33. The van der Waals surface area contributed by atoms with Crippen LogP contribution in [0, 0.1) is 5.92 Å². The van der Waals surface area contributed by atoms with Gasteiger partial charge in [0.2, 0.25) is 0 Å². The van der Waals surface area contributed by atoms with Crippen LogP contribution in [0.15, 0.2) is 42.5 Å². The van der Waals surface area contributed by atoms with Crippen LogP contribution in [0.25, 0.3) is 11.1 Å². The van der Waals surface area contributed by atoms with Crippen molar-refractivity contribution in [2.45, 2.75) is 20.3 Å². The van der Waals surface area contributed by atoms with Crippen LogP contribution in [0.2, 0.25) is 0 Å². The number of ether oxygens (including phenoxy) is 2. The molecule has 2 aromatic carbocycles. The highest BCUT2D eigenvalue weighted by molar-refractivity contribution is 5.77. The van der Waals surface area contributed by atoms with E-state index in [1.807, 2.05) is 18.2 Å². The van der Waals surface area contributed by atoms with Crippen LogP contribution in [-0.2, 0) is 6.42 Å².